The fourth-order valence-electron chi connectivity index (χ4n) is 2.33. The summed E-state index contributed by atoms with van der Waals surface area (Å²) >= 11 is 5.84. The van der Waals surface area contributed by atoms with Crippen molar-refractivity contribution in [3.63, 3.8) is 0 Å². The van der Waals surface area contributed by atoms with Gasteiger partial charge in [0.25, 0.3) is 0 Å². The Labute approximate surface area is 124 Å². The number of carbonyl (C=O) groups excluding carboxylic acids is 2. The molecule has 0 aromatic heterocycles. The lowest BCUT2D eigenvalue weighted by atomic mass is 9.94. The molecular formula is C15H19ClN2O2. The molecule has 1 N–H and O–H groups in total. The van der Waals surface area contributed by atoms with Crippen LogP contribution in [0, 0.1) is 0 Å². The fourth-order valence-corrected chi connectivity index (χ4v) is 2.46. The summed E-state index contributed by atoms with van der Waals surface area (Å²) in [5, 5.41) is 3.48. The molecule has 1 heterocycles. The molecule has 0 aliphatic carbocycles. The number of carbonyl (C=O) groups is 2. The van der Waals surface area contributed by atoms with E-state index in [0.29, 0.717) is 18.0 Å². The minimum atomic E-state index is -0.769. The molecule has 0 radical (unpaired) electrons. The summed E-state index contributed by atoms with van der Waals surface area (Å²) in [4.78, 5) is 25.8. The van der Waals surface area contributed by atoms with Gasteiger partial charge in [0.15, 0.2) is 0 Å². The highest BCUT2D eigenvalue weighted by Gasteiger charge is 2.41. The SMILES string of the molecule is CCC1(C)NC(=O)CN(CCc2ccc(Cl)cc2)C1=O. The predicted molar refractivity (Wildman–Crippen MR) is 78.6 cm³/mol. The van der Waals surface area contributed by atoms with E-state index in [9.17, 15) is 9.59 Å². The van der Waals surface area contributed by atoms with E-state index >= 15 is 0 Å². The van der Waals surface area contributed by atoms with Crippen molar-refractivity contribution < 1.29 is 9.59 Å². The van der Waals surface area contributed by atoms with E-state index in [0.717, 1.165) is 12.0 Å². The van der Waals surface area contributed by atoms with Crippen molar-refractivity contribution in [2.24, 2.45) is 0 Å². The van der Waals surface area contributed by atoms with E-state index in [2.05, 4.69) is 5.32 Å². The summed E-state index contributed by atoms with van der Waals surface area (Å²) < 4.78 is 0. The Morgan fingerprint density at radius 2 is 1.95 bits per heavy atom. The monoisotopic (exact) mass is 294 g/mol. The number of nitrogens with one attached hydrogen (secondary N) is 1. The van der Waals surface area contributed by atoms with E-state index in [1.807, 2.05) is 31.2 Å². The maximum Gasteiger partial charge on any atom is 0.248 e. The Hall–Kier alpha value is -1.55. The smallest absolute Gasteiger partial charge is 0.248 e. The van der Waals surface area contributed by atoms with E-state index in [4.69, 9.17) is 11.6 Å². The number of amides is 2. The normalized spacial score (nSPS) is 22.9. The molecule has 20 heavy (non-hydrogen) atoms. The van der Waals surface area contributed by atoms with E-state index in [1.54, 1.807) is 11.8 Å². The average molecular weight is 295 g/mol. The summed E-state index contributed by atoms with van der Waals surface area (Å²) in [6.07, 6.45) is 1.31. The Morgan fingerprint density at radius 1 is 1.30 bits per heavy atom. The maximum absolute atomic E-state index is 12.4. The first-order chi connectivity index (χ1) is 9.44. The third-order valence-electron chi connectivity index (χ3n) is 3.80. The predicted octanol–water partition coefficient (Wildman–Crippen LogP) is 2.01. The summed E-state index contributed by atoms with van der Waals surface area (Å²) in [5.74, 6) is -0.0985. The molecule has 0 saturated carbocycles. The average Bonchev–Trinajstić information content (AvgIpc) is 2.43. The number of benzene rings is 1. The third kappa shape index (κ3) is 3.12. The van der Waals surface area contributed by atoms with Crippen LogP contribution in [0.25, 0.3) is 0 Å². The molecule has 4 nitrogen and oxygen atoms in total. The summed E-state index contributed by atoms with van der Waals surface area (Å²) in [7, 11) is 0. The minimum absolute atomic E-state index is 0.00596. The van der Waals surface area contributed by atoms with E-state index in [1.165, 1.54) is 0 Å². The van der Waals surface area contributed by atoms with Gasteiger partial charge in [-0.25, -0.2) is 0 Å². The molecule has 1 aliphatic heterocycles. The van der Waals surface area contributed by atoms with Crippen molar-refractivity contribution >= 4 is 23.4 Å². The number of piperazine rings is 1. The van der Waals surface area contributed by atoms with Crippen LogP contribution in [0.5, 0.6) is 0 Å². The Bertz CT molecular complexity index is 515. The van der Waals surface area contributed by atoms with Crippen LogP contribution in [0.4, 0.5) is 0 Å². The number of nitrogens with zero attached hydrogens (tertiary/aromatic N) is 1. The van der Waals surface area contributed by atoms with Crippen molar-refractivity contribution in [2.75, 3.05) is 13.1 Å². The van der Waals surface area contributed by atoms with Crippen molar-refractivity contribution in [3.8, 4) is 0 Å². The molecule has 0 spiro atoms. The van der Waals surface area contributed by atoms with Crippen LogP contribution >= 0.6 is 11.6 Å². The van der Waals surface area contributed by atoms with Crippen LogP contribution in [-0.2, 0) is 16.0 Å². The molecule has 1 unspecified atom stereocenters. The largest absolute Gasteiger partial charge is 0.340 e. The Kier molecular flexibility index (Phi) is 4.33. The standard InChI is InChI=1S/C15H19ClN2O2/c1-3-15(2)14(20)18(10-13(19)17-15)9-8-11-4-6-12(16)7-5-11/h4-7H,3,8-10H2,1-2H3,(H,17,19). The van der Waals surface area contributed by atoms with Gasteiger partial charge >= 0.3 is 0 Å². The Morgan fingerprint density at radius 3 is 2.55 bits per heavy atom. The highest BCUT2D eigenvalue weighted by Crippen LogP contribution is 2.18. The van der Waals surface area contributed by atoms with Gasteiger partial charge in [-0.3, -0.25) is 9.59 Å². The van der Waals surface area contributed by atoms with Gasteiger partial charge in [-0.05, 0) is 37.5 Å². The summed E-state index contributed by atoms with van der Waals surface area (Å²) in [6.45, 7) is 4.37. The van der Waals surface area contributed by atoms with Crippen molar-refractivity contribution in [2.45, 2.75) is 32.2 Å². The van der Waals surface area contributed by atoms with Gasteiger partial charge in [0, 0.05) is 11.6 Å². The summed E-state index contributed by atoms with van der Waals surface area (Å²) in [6, 6.07) is 7.54. The lowest BCUT2D eigenvalue weighted by Gasteiger charge is -2.39. The first-order valence-corrected chi connectivity index (χ1v) is 7.17. The molecule has 1 aromatic carbocycles. The molecule has 2 amide bonds. The second-order valence-corrected chi connectivity index (χ2v) is 5.77. The van der Waals surface area contributed by atoms with Crippen LogP contribution < -0.4 is 5.32 Å². The second kappa shape index (κ2) is 5.83. The number of hydrogen-bond donors (Lipinski definition) is 1. The van der Waals surface area contributed by atoms with Crippen molar-refractivity contribution in [1.82, 2.24) is 10.2 Å². The zero-order chi connectivity index (χ0) is 14.8. The van der Waals surface area contributed by atoms with Crippen LogP contribution in [0.15, 0.2) is 24.3 Å². The molecule has 108 valence electrons. The van der Waals surface area contributed by atoms with Crippen LogP contribution in [0.1, 0.15) is 25.8 Å². The zero-order valence-corrected chi connectivity index (χ0v) is 12.5. The first kappa shape index (κ1) is 14.9. The van der Waals surface area contributed by atoms with Crippen LogP contribution in [-0.4, -0.2) is 35.3 Å². The van der Waals surface area contributed by atoms with Gasteiger partial charge in [-0.15, -0.1) is 0 Å². The first-order valence-electron chi connectivity index (χ1n) is 6.79. The van der Waals surface area contributed by atoms with Crippen molar-refractivity contribution in [3.05, 3.63) is 34.9 Å². The Balaban J connectivity index is 2.03. The number of halogens is 1. The summed E-state index contributed by atoms with van der Waals surface area (Å²) in [5.41, 5.74) is 0.335. The molecule has 5 heteroatoms. The van der Waals surface area contributed by atoms with Crippen molar-refractivity contribution in [1.29, 1.82) is 0 Å². The van der Waals surface area contributed by atoms with Gasteiger partial charge in [0.2, 0.25) is 11.8 Å². The molecule has 0 bridgehead atoms. The second-order valence-electron chi connectivity index (χ2n) is 5.34. The molecule has 1 atom stereocenters. The van der Waals surface area contributed by atoms with Crippen LogP contribution in [0.2, 0.25) is 5.02 Å². The lowest BCUT2D eigenvalue weighted by Crippen LogP contribution is -2.65. The molecular weight excluding hydrogens is 276 g/mol. The zero-order valence-electron chi connectivity index (χ0n) is 11.8. The van der Waals surface area contributed by atoms with E-state index in [-0.39, 0.29) is 18.4 Å². The van der Waals surface area contributed by atoms with Gasteiger partial charge in [0.05, 0.1) is 6.54 Å². The highest BCUT2D eigenvalue weighted by molar-refractivity contribution is 6.30. The fraction of sp³-hybridized carbons (Fsp3) is 0.467. The van der Waals surface area contributed by atoms with E-state index < -0.39 is 5.54 Å². The topological polar surface area (TPSA) is 49.4 Å². The molecule has 1 aliphatic rings. The highest BCUT2D eigenvalue weighted by atomic mass is 35.5. The van der Waals surface area contributed by atoms with Gasteiger partial charge in [-0.1, -0.05) is 30.7 Å². The molecule has 1 saturated heterocycles. The molecule has 2 rings (SSSR count). The van der Waals surface area contributed by atoms with Crippen LogP contribution in [0.3, 0.4) is 0 Å². The van der Waals surface area contributed by atoms with Gasteiger partial charge in [0.1, 0.15) is 5.54 Å². The molecule has 1 aromatic rings. The number of rotatable bonds is 4. The lowest BCUT2D eigenvalue weighted by molar-refractivity contribution is -0.149. The maximum atomic E-state index is 12.4. The number of hydrogen-bond acceptors (Lipinski definition) is 2. The minimum Gasteiger partial charge on any atom is -0.340 e. The van der Waals surface area contributed by atoms with Gasteiger partial charge < -0.3 is 10.2 Å². The quantitative estimate of drug-likeness (QED) is 0.923. The molecule has 1 fully saturated rings. The van der Waals surface area contributed by atoms with Gasteiger partial charge in [-0.2, -0.15) is 0 Å². The third-order valence-corrected chi connectivity index (χ3v) is 4.05.